The Morgan fingerprint density at radius 1 is 1.25 bits per heavy atom. The van der Waals surface area contributed by atoms with Crippen LogP contribution < -0.4 is 11.2 Å². The normalized spacial score (nSPS) is 11.1. The number of nitrogens with zero attached hydrogens (tertiary/aromatic N) is 2. The van der Waals surface area contributed by atoms with Crippen LogP contribution in [-0.4, -0.2) is 19.5 Å². The van der Waals surface area contributed by atoms with Gasteiger partial charge in [-0.05, 0) is 35.6 Å². The van der Waals surface area contributed by atoms with E-state index >= 15 is 0 Å². The van der Waals surface area contributed by atoms with E-state index in [2.05, 4.69) is 37.5 Å². The lowest BCUT2D eigenvalue weighted by Crippen LogP contribution is -2.29. The van der Waals surface area contributed by atoms with Crippen molar-refractivity contribution in [1.29, 1.82) is 0 Å². The second-order valence-corrected chi connectivity index (χ2v) is 5.43. The Morgan fingerprint density at radius 2 is 2.00 bits per heavy atom. The first-order valence-electron chi connectivity index (χ1n) is 6.09. The van der Waals surface area contributed by atoms with Crippen molar-refractivity contribution in [1.82, 2.24) is 19.5 Å². The van der Waals surface area contributed by atoms with Crippen molar-refractivity contribution in [2.45, 2.75) is 13.5 Å². The molecule has 0 amide bonds. The lowest BCUT2D eigenvalue weighted by atomic mass is 10.2. The van der Waals surface area contributed by atoms with Gasteiger partial charge in [-0.25, -0.2) is 9.78 Å². The van der Waals surface area contributed by atoms with E-state index in [0.717, 1.165) is 9.13 Å². The maximum Gasteiger partial charge on any atom is 0.330 e. The van der Waals surface area contributed by atoms with Crippen LogP contribution in [0.3, 0.4) is 0 Å². The first-order valence-corrected chi connectivity index (χ1v) is 7.17. The highest BCUT2D eigenvalue weighted by atomic mass is 127. The molecule has 0 spiro atoms. The number of aromatic amines is 2. The predicted octanol–water partition coefficient (Wildman–Crippen LogP) is 1.70. The summed E-state index contributed by atoms with van der Waals surface area (Å²) in [7, 11) is 0. The summed E-state index contributed by atoms with van der Waals surface area (Å²) in [6.45, 7) is 2.28. The molecule has 102 valence electrons. The Morgan fingerprint density at radius 3 is 2.70 bits per heavy atom. The Bertz CT molecular complexity index is 907. The van der Waals surface area contributed by atoms with Crippen LogP contribution in [0.25, 0.3) is 22.6 Å². The number of rotatable bonds is 2. The zero-order valence-electron chi connectivity index (χ0n) is 10.6. The molecule has 6 nitrogen and oxygen atoms in total. The van der Waals surface area contributed by atoms with E-state index in [0.29, 0.717) is 23.5 Å². The average Bonchev–Trinajstić information content (AvgIpc) is 2.85. The molecule has 0 aliphatic heterocycles. The number of halogens is 1. The Hall–Kier alpha value is -1.90. The van der Waals surface area contributed by atoms with Crippen LogP contribution in [0.5, 0.6) is 0 Å². The van der Waals surface area contributed by atoms with Crippen LogP contribution in [0.1, 0.15) is 6.92 Å². The molecule has 20 heavy (non-hydrogen) atoms. The summed E-state index contributed by atoms with van der Waals surface area (Å²) in [5, 5.41) is 0. The van der Waals surface area contributed by atoms with E-state index in [9.17, 15) is 9.59 Å². The molecular formula is C13H11IN4O2. The average molecular weight is 382 g/mol. The third kappa shape index (κ3) is 1.98. The number of benzene rings is 1. The number of aryl methyl sites for hydroxylation is 1. The highest BCUT2D eigenvalue weighted by Gasteiger charge is 2.14. The van der Waals surface area contributed by atoms with Gasteiger partial charge in [0.15, 0.2) is 5.65 Å². The molecule has 7 heteroatoms. The van der Waals surface area contributed by atoms with Gasteiger partial charge in [0.2, 0.25) is 0 Å². The topological polar surface area (TPSA) is 83.5 Å². The van der Waals surface area contributed by atoms with E-state index in [-0.39, 0.29) is 0 Å². The van der Waals surface area contributed by atoms with Crippen LogP contribution >= 0.6 is 22.6 Å². The molecule has 3 aromatic rings. The Kier molecular flexibility index (Phi) is 3.20. The minimum atomic E-state index is -0.445. The number of nitrogens with one attached hydrogen (secondary N) is 2. The summed E-state index contributed by atoms with van der Waals surface area (Å²) in [5.74, 6) is 0.586. The van der Waals surface area contributed by atoms with E-state index < -0.39 is 11.2 Å². The quantitative estimate of drug-likeness (QED) is 0.662. The third-order valence-corrected chi connectivity index (χ3v) is 4.02. The highest BCUT2D eigenvalue weighted by Crippen LogP contribution is 2.23. The van der Waals surface area contributed by atoms with Crippen molar-refractivity contribution in [2.75, 3.05) is 0 Å². The maximum absolute atomic E-state index is 11.9. The second kappa shape index (κ2) is 4.89. The number of H-pyrrole nitrogens is 2. The SMILES string of the molecule is CCn1c(=O)[nH]c(=O)c2[nH]c(-c3ccccc3I)nc21. The van der Waals surface area contributed by atoms with Crippen LogP contribution in [0, 0.1) is 3.57 Å². The first-order chi connectivity index (χ1) is 9.61. The molecule has 0 fully saturated rings. The minimum Gasteiger partial charge on any atom is -0.332 e. The van der Waals surface area contributed by atoms with Gasteiger partial charge in [0.1, 0.15) is 11.3 Å². The smallest absolute Gasteiger partial charge is 0.330 e. The van der Waals surface area contributed by atoms with Crippen LogP contribution in [0.15, 0.2) is 33.9 Å². The molecule has 3 rings (SSSR count). The molecule has 2 aromatic heterocycles. The van der Waals surface area contributed by atoms with Crippen LogP contribution in [0.4, 0.5) is 0 Å². The van der Waals surface area contributed by atoms with E-state index in [1.165, 1.54) is 4.57 Å². The number of hydrogen-bond donors (Lipinski definition) is 2. The van der Waals surface area contributed by atoms with Crippen molar-refractivity contribution in [3.63, 3.8) is 0 Å². The standard InChI is InChI=1S/C13H11IN4O2/c1-2-18-11-9(12(19)17-13(18)20)15-10(16-11)7-5-3-4-6-8(7)14/h3-6H,2H2,1H3,(H,15,16)(H,17,19,20). The third-order valence-electron chi connectivity index (χ3n) is 3.08. The van der Waals surface area contributed by atoms with Gasteiger partial charge in [0, 0.05) is 15.7 Å². The molecule has 0 unspecified atom stereocenters. The molecule has 2 heterocycles. The number of fused-ring (bicyclic) bond motifs is 1. The fraction of sp³-hybridized carbons (Fsp3) is 0.154. The van der Waals surface area contributed by atoms with Crippen LogP contribution in [0.2, 0.25) is 0 Å². The fourth-order valence-electron chi connectivity index (χ4n) is 2.12. The number of aromatic nitrogens is 4. The lowest BCUT2D eigenvalue weighted by molar-refractivity contribution is 0.720. The van der Waals surface area contributed by atoms with E-state index in [1.54, 1.807) is 0 Å². The lowest BCUT2D eigenvalue weighted by Gasteiger charge is -2.00. The summed E-state index contributed by atoms with van der Waals surface area (Å²) < 4.78 is 2.46. The molecule has 0 aliphatic rings. The van der Waals surface area contributed by atoms with Gasteiger partial charge in [-0.15, -0.1) is 0 Å². The minimum absolute atomic E-state index is 0.320. The molecule has 0 bridgehead atoms. The van der Waals surface area contributed by atoms with E-state index in [1.807, 2.05) is 31.2 Å². The largest absolute Gasteiger partial charge is 0.332 e. The Labute approximate surface area is 127 Å². The van der Waals surface area contributed by atoms with Gasteiger partial charge < -0.3 is 4.98 Å². The second-order valence-electron chi connectivity index (χ2n) is 4.27. The van der Waals surface area contributed by atoms with Crippen molar-refractivity contribution in [2.24, 2.45) is 0 Å². The first kappa shape index (κ1) is 13.1. The molecule has 1 aromatic carbocycles. The molecule has 0 saturated heterocycles. The summed E-state index contributed by atoms with van der Waals surface area (Å²) in [6.07, 6.45) is 0. The molecule has 0 radical (unpaired) electrons. The van der Waals surface area contributed by atoms with Gasteiger partial charge in [0.05, 0.1) is 0 Å². The molecule has 0 aliphatic carbocycles. The van der Waals surface area contributed by atoms with Gasteiger partial charge in [-0.2, -0.15) is 0 Å². The highest BCUT2D eigenvalue weighted by molar-refractivity contribution is 14.1. The summed E-state index contributed by atoms with van der Waals surface area (Å²) >= 11 is 2.21. The predicted molar refractivity (Wildman–Crippen MR) is 84.8 cm³/mol. The zero-order valence-corrected chi connectivity index (χ0v) is 12.8. The van der Waals surface area contributed by atoms with E-state index in [4.69, 9.17) is 0 Å². The zero-order chi connectivity index (χ0) is 14.3. The van der Waals surface area contributed by atoms with Gasteiger partial charge in [-0.3, -0.25) is 14.3 Å². The fourth-order valence-corrected chi connectivity index (χ4v) is 2.76. The van der Waals surface area contributed by atoms with Crippen LogP contribution in [-0.2, 0) is 6.54 Å². The maximum atomic E-state index is 11.9. The summed E-state index contributed by atoms with van der Waals surface area (Å²) in [5.41, 5.74) is 0.723. The van der Waals surface area contributed by atoms with Gasteiger partial charge in [0.25, 0.3) is 5.56 Å². The Balaban J connectivity index is 2.37. The van der Waals surface area contributed by atoms with Crippen molar-refractivity contribution >= 4 is 33.8 Å². The summed E-state index contributed by atoms with van der Waals surface area (Å²) in [6, 6.07) is 7.72. The molecule has 2 N–H and O–H groups in total. The summed E-state index contributed by atoms with van der Waals surface area (Å²) in [4.78, 5) is 33.3. The van der Waals surface area contributed by atoms with Crippen molar-refractivity contribution in [3.05, 3.63) is 48.7 Å². The monoisotopic (exact) mass is 382 g/mol. The molecule has 0 saturated carbocycles. The van der Waals surface area contributed by atoms with Crippen molar-refractivity contribution < 1.29 is 0 Å². The number of imidazole rings is 1. The van der Waals surface area contributed by atoms with Gasteiger partial charge in [-0.1, -0.05) is 18.2 Å². The number of hydrogen-bond acceptors (Lipinski definition) is 3. The van der Waals surface area contributed by atoms with Gasteiger partial charge >= 0.3 is 5.69 Å². The molecule has 0 atom stereocenters. The van der Waals surface area contributed by atoms with Crippen molar-refractivity contribution in [3.8, 4) is 11.4 Å². The molecular weight excluding hydrogens is 371 g/mol.